The first-order valence-corrected chi connectivity index (χ1v) is 9.65. The molecule has 140 valence electrons. The normalized spacial score (nSPS) is 16.1. The van der Waals surface area contributed by atoms with Crippen molar-refractivity contribution < 1.29 is 4.79 Å². The second-order valence-electron chi connectivity index (χ2n) is 7.47. The Kier molecular flexibility index (Phi) is 6.26. The number of nitrogens with zero attached hydrogens (tertiary/aromatic N) is 3. The van der Waals surface area contributed by atoms with Crippen molar-refractivity contribution in [3.05, 3.63) is 71.3 Å². The van der Waals surface area contributed by atoms with Crippen LogP contribution in [0.25, 0.3) is 0 Å². The second kappa shape index (κ2) is 8.83. The van der Waals surface area contributed by atoms with Crippen LogP contribution in [0.2, 0.25) is 0 Å². The van der Waals surface area contributed by atoms with E-state index in [1.807, 2.05) is 47.4 Å². The van der Waals surface area contributed by atoms with Crippen molar-refractivity contribution in [2.24, 2.45) is 5.92 Å². The third kappa shape index (κ3) is 4.56. The van der Waals surface area contributed by atoms with E-state index in [9.17, 15) is 10.1 Å². The average Bonchev–Trinajstić information content (AvgIpc) is 2.69. The van der Waals surface area contributed by atoms with Crippen LogP contribution in [0.1, 0.15) is 35.3 Å². The first-order valence-electron chi connectivity index (χ1n) is 9.65. The number of carbonyl (C=O) groups is 1. The molecule has 4 heteroatoms. The van der Waals surface area contributed by atoms with Crippen LogP contribution in [0.4, 0.5) is 0 Å². The lowest BCUT2D eigenvalue weighted by molar-refractivity contribution is 0.0576. The van der Waals surface area contributed by atoms with E-state index in [2.05, 4.69) is 36.9 Å². The number of hydrogen-bond acceptors (Lipinski definition) is 3. The molecule has 1 fully saturated rings. The fourth-order valence-corrected chi connectivity index (χ4v) is 3.72. The fourth-order valence-electron chi connectivity index (χ4n) is 3.72. The molecule has 0 bridgehead atoms. The molecule has 2 aromatic carbocycles. The van der Waals surface area contributed by atoms with Gasteiger partial charge in [-0.15, -0.1) is 0 Å². The van der Waals surface area contributed by atoms with E-state index < -0.39 is 0 Å². The molecule has 0 radical (unpaired) electrons. The molecule has 1 atom stereocenters. The predicted octanol–water partition coefficient (Wildman–Crippen LogP) is 3.58. The highest BCUT2D eigenvalue weighted by molar-refractivity contribution is 5.95. The molecule has 3 rings (SSSR count). The molecule has 1 unspecified atom stereocenters. The molecular formula is C23H27N3O. The zero-order chi connectivity index (χ0) is 19.2. The molecule has 1 heterocycles. The zero-order valence-electron chi connectivity index (χ0n) is 16.1. The topological polar surface area (TPSA) is 47.3 Å². The molecule has 0 N–H and O–H groups in total. The lowest BCUT2D eigenvalue weighted by atomic mass is 9.98. The summed E-state index contributed by atoms with van der Waals surface area (Å²) in [5.41, 5.74) is 3.06. The first-order chi connectivity index (χ1) is 13.1. The maximum Gasteiger partial charge on any atom is 0.254 e. The van der Waals surface area contributed by atoms with E-state index >= 15 is 0 Å². The van der Waals surface area contributed by atoms with E-state index in [1.165, 1.54) is 5.56 Å². The zero-order valence-corrected chi connectivity index (χ0v) is 16.1. The van der Waals surface area contributed by atoms with Gasteiger partial charge in [-0.2, -0.15) is 5.26 Å². The van der Waals surface area contributed by atoms with Gasteiger partial charge < -0.3 is 4.90 Å². The third-order valence-electron chi connectivity index (χ3n) is 5.24. The van der Waals surface area contributed by atoms with Gasteiger partial charge in [0, 0.05) is 31.7 Å². The minimum absolute atomic E-state index is 0.0763. The number of piperazine rings is 1. The Balaban J connectivity index is 1.70. The van der Waals surface area contributed by atoms with Gasteiger partial charge in [-0.05, 0) is 29.5 Å². The Bertz CT molecular complexity index is 802. The maximum absolute atomic E-state index is 13.1. The van der Waals surface area contributed by atoms with E-state index in [0.717, 1.165) is 30.6 Å². The van der Waals surface area contributed by atoms with Crippen LogP contribution in [-0.2, 0) is 6.42 Å². The van der Waals surface area contributed by atoms with E-state index in [1.54, 1.807) is 0 Å². The highest BCUT2D eigenvalue weighted by Gasteiger charge is 2.28. The smallest absolute Gasteiger partial charge is 0.254 e. The molecule has 2 aromatic rings. The summed E-state index contributed by atoms with van der Waals surface area (Å²) in [5.74, 6) is 0.392. The van der Waals surface area contributed by atoms with Crippen LogP contribution in [-0.4, -0.2) is 47.9 Å². The van der Waals surface area contributed by atoms with Crippen molar-refractivity contribution >= 4 is 5.91 Å². The molecule has 1 aliphatic rings. The SMILES string of the molecule is CC(C)C(C#N)N1CCN(C(=O)c2ccccc2Cc2ccccc2)CC1. The van der Waals surface area contributed by atoms with Gasteiger partial charge in [-0.1, -0.05) is 62.4 Å². The van der Waals surface area contributed by atoms with Crippen molar-refractivity contribution in [1.29, 1.82) is 5.26 Å². The summed E-state index contributed by atoms with van der Waals surface area (Å²) in [5, 5.41) is 9.41. The lowest BCUT2D eigenvalue weighted by Gasteiger charge is -2.38. The summed E-state index contributed by atoms with van der Waals surface area (Å²) in [6.07, 6.45) is 0.757. The highest BCUT2D eigenvalue weighted by atomic mass is 16.2. The minimum Gasteiger partial charge on any atom is -0.336 e. The summed E-state index contributed by atoms with van der Waals surface area (Å²) in [6.45, 7) is 7.00. The van der Waals surface area contributed by atoms with Crippen molar-refractivity contribution in [3.8, 4) is 6.07 Å². The lowest BCUT2D eigenvalue weighted by Crippen LogP contribution is -2.52. The van der Waals surface area contributed by atoms with Gasteiger partial charge in [0.1, 0.15) is 6.04 Å². The highest BCUT2D eigenvalue weighted by Crippen LogP contribution is 2.19. The van der Waals surface area contributed by atoms with Gasteiger partial charge in [0.15, 0.2) is 0 Å². The van der Waals surface area contributed by atoms with E-state index in [-0.39, 0.29) is 11.9 Å². The van der Waals surface area contributed by atoms with Crippen LogP contribution in [0.15, 0.2) is 54.6 Å². The number of hydrogen-bond donors (Lipinski definition) is 0. The maximum atomic E-state index is 13.1. The molecule has 4 nitrogen and oxygen atoms in total. The largest absolute Gasteiger partial charge is 0.336 e. The molecule has 27 heavy (non-hydrogen) atoms. The number of rotatable bonds is 5. The number of benzene rings is 2. The molecule has 1 aliphatic heterocycles. The van der Waals surface area contributed by atoms with Crippen LogP contribution in [0.5, 0.6) is 0 Å². The van der Waals surface area contributed by atoms with Crippen LogP contribution >= 0.6 is 0 Å². The Morgan fingerprint density at radius 1 is 1.00 bits per heavy atom. The summed E-state index contributed by atoms with van der Waals surface area (Å²) in [7, 11) is 0. The number of amides is 1. The summed E-state index contributed by atoms with van der Waals surface area (Å²) in [6, 6.07) is 20.5. The Morgan fingerprint density at radius 2 is 1.63 bits per heavy atom. The second-order valence-corrected chi connectivity index (χ2v) is 7.47. The summed E-state index contributed by atoms with van der Waals surface area (Å²) in [4.78, 5) is 17.3. The Hall–Kier alpha value is -2.64. The van der Waals surface area contributed by atoms with Gasteiger partial charge in [0.25, 0.3) is 5.91 Å². The standard InChI is InChI=1S/C23H27N3O/c1-18(2)22(17-24)25-12-14-26(15-13-25)23(27)21-11-7-6-10-20(21)16-19-8-4-3-5-9-19/h3-11,18,22H,12-16H2,1-2H3. The Morgan fingerprint density at radius 3 is 2.26 bits per heavy atom. The predicted molar refractivity (Wildman–Crippen MR) is 107 cm³/mol. The molecule has 1 amide bonds. The van der Waals surface area contributed by atoms with Crippen LogP contribution in [0.3, 0.4) is 0 Å². The molecular weight excluding hydrogens is 334 g/mol. The van der Waals surface area contributed by atoms with Crippen molar-refractivity contribution in [2.45, 2.75) is 26.3 Å². The van der Waals surface area contributed by atoms with Crippen molar-refractivity contribution in [1.82, 2.24) is 9.80 Å². The average molecular weight is 361 g/mol. The monoisotopic (exact) mass is 361 g/mol. The van der Waals surface area contributed by atoms with Gasteiger partial charge in [-0.3, -0.25) is 9.69 Å². The van der Waals surface area contributed by atoms with Gasteiger partial charge in [0.05, 0.1) is 6.07 Å². The van der Waals surface area contributed by atoms with E-state index in [0.29, 0.717) is 19.0 Å². The van der Waals surface area contributed by atoms with Gasteiger partial charge in [0.2, 0.25) is 0 Å². The molecule has 0 spiro atoms. The number of nitriles is 1. The summed E-state index contributed by atoms with van der Waals surface area (Å²) >= 11 is 0. The quantitative estimate of drug-likeness (QED) is 0.818. The van der Waals surface area contributed by atoms with Crippen LogP contribution < -0.4 is 0 Å². The molecule has 0 aromatic heterocycles. The fraction of sp³-hybridized carbons (Fsp3) is 0.391. The van der Waals surface area contributed by atoms with Gasteiger partial charge >= 0.3 is 0 Å². The summed E-state index contributed by atoms with van der Waals surface area (Å²) < 4.78 is 0. The van der Waals surface area contributed by atoms with Crippen molar-refractivity contribution in [3.63, 3.8) is 0 Å². The Labute approximate surface area is 162 Å². The minimum atomic E-state index is -0.0763. The first kappa shape index (κ1) is 19.1. The van der Waals surface area contributed by atoms with Crippen molar-refractivity contribution in [2.75, 3.05) is 26.2 Å². The van der Waals surface area contributed by atoms with E-state index in [4.69, 9.17) is 0 Å². The molecule has 1 saturated heterocycles. The number of carbonyl (C=O) groups excluding carboxylic acids is 1. The molecule has 0 saturated carbocycles. The third-order valence-corrected chi connectivity index (χ3v) is 5.24. The molecule has 0 aliphatic carbocycles. The van der Waals surface area contributed by atoms with Gasteiger partial charge in [-0.25, -0.2) is 0 Å². The van der Waals surface area contributed by atoms with Crippen LogP contribution in [0, 0.1) is 17.2 Å².